The van der Waals surface area contributed by atoms with Gasteiger partial charge in [0.25, 0.3) is 5.69 Å². The predicted octanol–water partition coefficient (Wildman–Crippen LogP) is 4.92. The molecule has 37 heavy (non-hydrogen) atoms. The van der Waals surface area contributed by atoms with Gasteiger partial charge in [0.05, 0.1) is 10.5 Å². The van der Waals surface area contributed by atoms with Crippen LogP contribution in [0.2, 0.25) is 0 Å². The number of rotatable bonds is 5. The summed E-state index contributed by atoms with van der Waals surface area (Å²) in [5.74, 6) is -1.17. The second-order valence-electron chi connectivity index (χ2n) is 9.77. The highest BCUT2D eigenvalue weighted by molar-refractivity contribution is 6.02. The number of nitrogens with zero attached hydrogens (tertiary/aromatic N) is 1. The number of nitro benzene ring substituents is 1. The third kappa shape index (κ3) is 4.03. The number of hydrogen-bond acceptors (Lipinski definition) is 7. The van der Waals surface area contributed by atoms with Crippen molar-refractivity contribution in [2.75, 3.05) is 0 Å². The van der Waals surface area contributed by atoms with E-state index in [-0.39, 0.29) is 53.7 Å². The Labute approximate surface area is 213 Å². The molecule has 1 saturated carbocycles. The first-order chi connectivity index (χ1) is 17.7. The number of carbonyl (C=O) groups excluding carboxylic acids is 3. The van der Waals surface area contributed by atoms with Crippen molar-refractivity contribution in [2.45, 2.75) is 43.6 Å². The fourth-order valence-corrected chi connectivity index (χ4v) is 5.89. The summed E-state index contributed by atoms with van der Waals surface area (Å²) in [7, 11) is 0. The number of fused-ring (bicyclic) bond motifs is 3. The molecule has 0 aromatic heterocycles. The van der Waals surface area contributed by atoms with E-state index in [9.17, 15) is 29.6 Å². The number of aliphatic hydroxyl groups is 1. The Morgan fingerprint density at radius 2 is 1.78 bits per heavy atom. The number of hydrogen-bond donors (Lipinski definition) is 1. The minimum Gasteiger partial charge on any atom is -0.423 e. The maximum Gasteiger partial charge on any atom is 0.343 e. The minimum atomic E-state index is -1.64. The van der Waals surface area contributed by atoms with Gasteiger partial charge in [-0.25, -0.2) is 4.79 Å². The van der Waals surface area contributed by atoms with E-state index >= 15 is 0 Å². The Kier molecular flexibility index (Phi) is 6.00. The third-order valence-corrected chi connectivity index (χ3v) is 7.93. The van der Waals surface area contributed by atoms with E-state index in [0.717, 1.165) is 5.56 Å². The zero-order valence-corrected chi connectivity index (χ0v) is 20.2. The topological polar surface area (TPSA) is 124 Å². The first-order valence-corrected chi connectivity index (χ1v) is 12.1. The number of non-ortho nitro benzene ring substituents is 1. The molecule has 0 aliphatic heterocycles. The van der Waals surface area contributed by atoms with Crippen LogP contribution < -0.4 is 4.74 Å². The molecule has 1 fully saturated rings. The van der Waals surface area contributed by atoms with Crippen LogP contribution in [0, 0.1) is 16.0 Å². The number of esters is 1. The van der Waals surface area contributed by atoms with Crippen LogP contribution in [0.4, 0.5) is 5.69 Å². The van der Waals surface area contributed by atoms with E-state index in [0.29, 0.717) is 17.5 Å². The lowest BCUT2D eigenvalue weighted by Gasteiger charge is -2.51. The standard InChI is InChI=1S/C29H25NO7/c1-2-28-17-26(32)29(34,19-6-4-3-5-7-19)16-20(28)14-25(31)23-15-22(12-13-24(23)28)37-27(33)18-8-10-21(11-9-18)30(35)36/h3-13,15,20,34H,2,14,16-17H2,1H3/t20-,28?,29?/m1/s1. The fourth-order valence-electron chi connectivity index (χ4n) is 5.89. The van der Waals surface area contributed by atoms with Gasteiger partial charge in [-0.3, -0.25) is 19.7 Å². The molecule has 3 aromatic rings. The summed E-state index contributed by atoms with van der Waals surface area (Å²) in [6, 6.07) is 18.8. The number of Topliss-reactive ketones (excluding diaryl/α,β-unsaturated/α-hetero) is 2. The molecular formula is C29H25NO7. The Bertz CT molecular complexity index is 1420. The van der Waals surface area contributed by atoms with Crippen LogP contribution in [0.15, 0.2) is 72.8 Å². The van der Waals surface area contributed by atoms with Gasteiger partial charge in [-0.15, -0.1) is 0 Å². The first-order valence-electron chi connectivity index (χ1n) is 12.1. The maximum atomic E-state index is 13.4. The maximum absolute atomic E-state index is 13.4. The Morgan fingerprint density at radius 1 is 1.08 bits per heavy atom. The molecule has 5 rings (SSSR count). The van der Waals surface area contributed by atoms with Gasteiger partial charge in [-0.1, -0.05) is 43.3 Å². The SMILES string of the molecule is CCC12CC(=O)C(O)(c3ccccc3)C[C@H]1CC(=O)c1cc(OC(=O)c3ccc([N+](=O)[O-])cc3)ccc12. The monoisotopic (exact) mass is 499 g/mol. The Balaban J connectivity index is 1.45. The van der Waals surface area contributed by atoms with E-state index in [4.69, 9.17) is 4.74 Å². The second kappa shape index (κ2) is 9.05. The molecule has 1 N–H and O–H groups in total. The predicted molar refractivity (Wildman–Crippen MR) is 133 cm³/mol. The molecule has 0 saturated heterocycles. The molecule has 0 bridgehead atoms. The third-order valence-electron chi connectivity index (χ3n) is 7.93. The van der Waals surface area contributed by atoms with Crippen molar-refractivity contribution in [3.8, 4) is 5.75 Å². The number of ether oxygens (including phenoxy) is 1. The lowest BCUT2D eigenvalue weighted by atomic mass is 9.52. The molecule has 8 heteroatoms. The zero-order chi connectivity index (χ0) is 26.4. The quantitative estimate of drug-likeness (QED) is 0.229. The normalized spacial score (nSPS) is 24.6. The van der Waals surface area contributed by atoms with Gasteiger partial charge in [-0.05, 0) is 54.2 Å². The molecule has 0 heterocycles. The summed E-state index contributed by atoms with van der Waals surface area (Å²) in [6.07, 6.45) is 1.03. The highest BCUT2D eigenvalue weighted by Gasteiger charge is 2.57. The van der Waals surface area contributed by atoms with Gasteiger partial charge >= 0.3 is 5.97 Å². The van der Waals surface area contributed by atoms with Crippen LogP contribution >= 0.6 is 0 Å². The lowest BCUT2D eigenvalue weighted by molar-refractivity contribution is -0.384. The van der Waals surface area contributed by atoms with Crippen LogP contribution in [0.3, 0.4) is 0 Å². The highest BCUT2D eigenvalue weighted by Crippen LogP contribution is 2.55. The molecule has 8 nitrogen and oxygen atoms in total. The summed E-state index contributed by atoms with van der Waals surface area (Å²) in [5, 5.41) is 22.3. The van der Waals surface area contributed by atoms with E-state index in [2.05, 4.69) is 0 Å². The summed E-state index contributed by atoms with van der Waals surface area (Å²) in [4.78, 5) is 49.6. The van der Waals surface area contributed by atoms with Gasteiger partial charge in [-0.2, -0.15) is 0 Å². The molecule has 2 aliphatic rings. The Morgan fingerprint density at radius 3 is 2.43 bits per heavy atom. The van der Waals surface area contributed by atoms with Crippen molar-refractivity contribution in [3.63, 3.8) is 0 Å². The number of benzene rings is 3. The smallest absolute Gasteiger partial charge is 0.343 e. The van der Waals surface area contributed by atoms with E-state index < -0.39 is 21.9 Å². The molecule has 3 atom stereocenters. The summed E-state index contributed by atoms with van der Waals surface area (Å²) in [5.41, 5.74) is -0.573. The van der Waals surface area contributed by atoms with E-state index in [1.54, 1.807) is 36.4 Å². The Hall–Kier alpha value is -4.17. The molecule has 3 aromatic carbocycles. The fraction of sp³-hybridized carbons (Fsp3) is 0.276. The van der Waals surface area contributed by atoms with Crippen molar-refractivity contribution in [3.05, 3.63) is 105 Å². The van der Waals surface area contributed by atoms with Crippen molar-refractivity contribution < 1.29 is 29.2 Å². The van der Waals surface area contributed by atoms with Crippen molar-refractivity contribution in [1.82, 2.24) is 0 Å². The zero-order valence-electron chi connectivity index (χ0n) is 20.2. The van der Waals surface area contributed by atoms with Gasteiger partial charge in [0.15, 0.2) is 11.6 Å². The van der Waals surface area contributed by atoms with Crippen molar-refractivity contribution >= 4 is 23.2 Å². The molecule has 0 radical (unpaired) electrons. The largest absolute Gasteiger partial charge is 0.423 e. The average molecular weight is 500 g/mol. The van der Waals surface area contributed by atoms with Gasteiger partial charge < -0.3 is 9.84 Å². The lowest BCUT2D eigenvalue weighted by Crippen LogP contribution is -2.54. The number of carbonyl (C=O) groups is 3. The van der Waals surface area contributed by atoms with E-state index in [1.165, 1.54) is 30.3 Å². The van der Waals surface area contributed by atoms with E-state index in [1.807, 2.05) is 13.0 Å². The summed E-state index contributed by atoms with van der Waals surface area (Å²) < 4.78 is 5.46. The van der Waals surface area contributed by atoms with Gasteiger partial charge in [0.2, 0.25) is 0 Å². The molecule has 188 valence electrons. The van der Waals surface area contributed by atoms with Crippen molar-refractivity contribution in [2.24, 2.45) is 5.92 Å². The van der Waals surface area contributed by atoms with Crippen molar-refractivity contribution in [1.29, 1.82) is 0 Å². The summed E-state index contributed by atoms with van der Waals surface area (Å²) in [6.45, 7) is 1.98. The van der Waals surface area contributed by atoms with Crippen LogP contribution in [0.25, 0.3) is 0 Å². The average Bonchev–Trinajstić information content (AvgIpc) is 2.90. The molecule has 0 amide bonds. The van der Waals surface area contributed by atoms with Crippen LogP contribution in [0.5, 0.6) is 5.75 Å². The first kappa shape index (κ1) is 24.5. The number of ketones is 2. The minimum absolute atomic E-state index is 0.0990. The molecule has 2 unspecified atom stereocenters. The van der Waals surface area contributed by atoms with Gasteiger partial charge in [0.1, 0.15) is 11.4 Å². The highest BCUT2D eigenvalue weighted by atomic mass is 16.6. The molecular weight excluding hydrogens is 474 g/mol. The van der Waals surface area contributed by atoms with Crippen LogP contribution in [-0.2, 0) is 15.8 Å². The number of nitro groups is 1. The van der Waals surface area contributed by atoms with Crippen LogP contribution in [0.1, 0.15) is 64.4 Å². The molecule has 2 aliphatic carbocycles. The van der Waals surface area contributed by atoms with Crippen LogP contribution in [-0.4, -0.2) is 27.6 Å². The molecule has 0 spiro atoms. The summed E-state index contributed by atoms with van der Waals surface area (Å²) >= 11 is 0. The van der Waals surface area contributed by atoms with Gasteiger partial charge in [0, 0.05) is 36.0 Å². The second-order valence-corrected chi connectivity index (χ2v) is 9.77.